The first kappa shape index (κ1) is 22.9. The Morgan fingerprint density at radius 3 is 2.41 bits per heavy atom. The summed E-state index contributed by atoms with van der Waals surface area (Å²) in [5.74, 6) is 0.840. The Hall–Kier alpha value is -2.11. The SMILES string of the molecule is CCCC(CCC)COc1cccc(C(=O)CCNC(=O)OC(C)(C)C)n1. The molecule has 0 spiro atoms. The molecule has 0 aliphatic carbocycles. The Morgan fingerprint density at radius 1 is 1.15 bits per heavy atom. The maximum Gasteiger partial charge on any atom is 0.407 e. The summed E-state index contributed by atoms with van der Waals surface area (Å²) >= 11 is 0. The largest absolute Gasteiger partial charge is 0.477 e. The van der Waals surface area contributed by atoms with Gasteiger partial charge in [-0.25, -0.2) is 9.78 Å². The van der Waals surface area contributed by atoms with Crippen molar-refractivity contribution < 1.29 is 19.1 Å². The standard InChI is InChI=1S/C21H34N2O4/c1-6-9-16(10-7-2)15-26-19-12-8-11-17(23-19)18(24)13-14-22-20(25)27-21(3,4)5/h8,11-12,16H,6-7,9-10,13-15H2,1-5H3,(H,22,25). The van der Waals surface area contributed by atoms with Gasteiger partial charge in [-0.3, -0.25) is 4.79 Å². The van der Waals surface area contributed by atoms with Crippen LogP contribution in [0.5, 0.6) is 5.88 Å². The van der Waals surface area contributed by atoms with Gasteiger partial charge >= 0.3 is 6.09 Å². The minimum Gasteiger partial charge on any atom is -0.477 e. The molecule has 0 atom stereocenters. The van der Waals surface area contributed by atoms with E-state index in [1.54, 1.807) is 39.0 Å². The second-order valence-electron chi connectivity index (χ2n) is 7.72. The molecule has 0 aliphatic rings. The van der Waals surface area contributed by atoms with Crippen molar-refractivity contribution in [2.45, 2.75) is 72.3 Å². The van der Waals surface area contributed by atoms with Crippen LogP contribution in [0.2, 0.25) is 0 Å². The van der Waals surface area contributed by atoms with Crippen LogP contribution in [0.1, 0.15) is 77.2 Å². The summed E-state index contributed by atoms with van der Waals surface area (Å²) in [6.07, 6.45) is 4.14. The van der Waals surface area contributed by atoms with E-state index in [2.05, 4.69) is 24.1 Å². The van der Waals surface area contributed by atoms with Crippen LogP contribution in [-0.2, 0) is 4.74 Å². The number of ketones is 1. The van der Waals surface area contributed by atoms with Crippen molar-refractivity contribution in [2.24, 2.45) is 5.92 Å². The highest BCUT2D eigenvalue weighted by atomic mass is 16.6. The lowest BCUT2D eigenvalue weighted by Gasteiger charge is -2.19. The molecule has 0 bridgehead atoms. The highest BCUT2D eigenvalue weighted by Gasteiger charge is 2.16. The van der Waals surface area contributed by atoms with Gasteiger partial charge in [0, 0.05) is 19.0 Å². The van der Waals surface area contributed by atoms with E-state index in [-0.39, 0.29) is 18.7 Å². The molecule has 1 aromatic rings. The van der Waals surface area contributed by atoms with E-state index in [9.17, 15) is 9.59 Å². The number of amides is 1. The van der Waals surface area contributed by atoms with E-state index in [0.717, 1.165) is 25.7 Å². The third-order valence-corrected chi connectivity index (χ3v) is 3.89. The van der Waals surface area contributed by atoms with Crippen LogP contribution in [0.15, 0.2) is 18.2 Å². The first-order valence-corrected chi connectivity index (χ1v) is 9.85. The summed E-state index contributed by atoms with van der Waals surface area (Å²) in [4.78, 5) is 28.2. The minimum absolute atomic E-state index is 0.143. The normalized spacial score (nSPS) is 11.3. The molecule has 0 fully saturated rings. The topological polar surface area (TPSA) is 77.5 Å². The third-order valence-electron chi connectivity index (χ3n) is 3.89. The fourth-order valence-electron chi connectivity index (χ4n) is 2.70. The van der Waals surface area contributed by atoms with Crippen molar-refractivity contribution >= 4 is 11.9 Å². The molecule has 0 radical (unpaired) electrons. The Morgan fingerprint density at radius 2 is 1.81 bits per heavy atom. The molecule has 0 saturated carbocycles. The van der Waals surface area contributed by atoms with Crippen LogP contribution in [0.25, 0.3) is 0 Å². The van der Waals surface area contributed by atoms with Gasteiger partial charge in [0.2, 0.25) is 5.88 Å². The van der Waals surface area contributed by atoms with Gasteiger partial charge in [-0.05, 0) is 45.6 Å². The van der Waals surface area contributed by atoms with Gasteiger partial charge in [-0.2, -0.15) is 0 Å². The Labute approximate surface area is 163 Å². The number of alkyl carbamates (subject to hydrolysis) is 1. The second kappa shape index (κ2) is 11.6. The van der Waals surface area contributed by atoms with Crippen LogP contribution >= 0.6 is 0 Å². The third kappa shape index (κ3) is 9.97. The molecule has 0 saturated heterocycles. The van der Waals surface area contributed by atoms with Crippen LogP contribution < -0.4 is 10.1 Å². The van der Waals surface area contributed by atoms with Gasteiger partial charge in [-0.1, -0.05) is 32.8 Å². The molecule has 0 aromatic carbocycles. The van der Waals surface area contributed by atoms with Gasteiger partial charge in [0.25, 0.3) is 0 Å². The first-order valence-electron chi connectivity index (χ1n) is 9.85. The molecule has 0 unspecified atom stereocenters. The molecule has 6 heteroatoms. The molecule has 1 rings (SSSR count). The quantitative estimate of drug-likeness (QED) is 0.561. The lowest BCUT2D eigenvalue weighted by molar-refractivity contribution is 0.0527. The summed E-state index contributed by atoms with van der Waals surface area (Å²) in [6, 6.07) is 5.20. The number of nitrogens with zero attached hydrogens (tertiary/aromatic N) is 1. The lowest BCUT2D eigenvalue weighted by Crippen LogP contribution is -2.33. The van der Waals surface area contributed by atoms with Gasteiger partial charge in [0.15, 0.2) is 5.78 Å². The maximum atomic E-state index is 12.3. The molecule has 6 nitrogen and oxygen atoms in total. The average Bonchev–Trinajstić information content (AvgIpc) is 2.58. The van der Waals surface area contributed by atoms with E-state index in [4.69, 9.17) is 9.47 Å². The predicted octanol–water partition coefficient (Wildman–Crippen LogP) is 4.77. The summed E-state index contributed by atoms with van der Waals surface area (Å²) in [6.45, 7) is 10.5. The van der Waals surface area contributed by atoms with Crippen molar-refractivity contribution in [3.8, 4) is 5.88 Å². The number of Topliss-reactive ketones (excluding diaryl/α,β-unsaturated/α-hetero) is 1. The fraction of sp³-hybridized carbons (Fsp3) is 0.667. The van der Waals surface area contributed by atoms with Crippen LogP contribution in [0, 0.1) is 5.92 Å². The minimum atomic E-state index is -0.561. The van der Waals surface area contributed by atoms with Crippen molar-refractivity contribution in [2.75, 3.05) is 13.2 Å². The van der Waals surface area contributed by atoms with Crippen molar-refractivity contribution in [1.29, 1.82) is 0 Å². The van der Waals surface area contributed by atoms with Gasteiger partial charge in [0.05, 0.1) is 6.61 Å². The predicted molar refractivity (Wildman–Crippen MR) is 106 cm³/mol. The number of rotatable bonds is 11. The Bertz CT molecular complexity index is 590. The maximum absolute atomic E-state index is 12.3. The number of ether oxygens (including phenoxy) is 2. The number of nitrogens with one attached hydrogen (secondary N) is 1. The van der Waals surface area contributed by atoms with Crippen molar-refractivity contribution in [3.05, 3.63) is 23.9 Å². The molecule has 1 heterocycles. The zero-order chi connectivity index (χ0) is 20.3. The average molecular weight is 379 g/mol. The summed E-state index contributed by atoms with van der Waals surface area (Å²) in [7, 11) is 0. The number of aromatic nitrogens is 1. The Kier molecular flexibility index (Phi) is 9.83. The molecule has 0 aliphatic heterocycles. The zero-order valence-electron chi connectivity index (χ0n) is 17.3. The lowest BCUT2D eigenvalue weighted by atomic mass is 9.99. The molecule has 1 amide bonds. The van der Waals surface area contributed by atoms with E-state index in [0.29, 0.717) is 24.1 Å². The fourth-order valence-corrected chi connectivity index (χ4v) is 2.70. The van der Waals surface area contributed by atoms with E-state index >= 15 is 0 Å². The van der Waals surface area contributed by atoms with E-state index in [1.807, 2.05) is 0 Å². The molecular formula is C21H34N2O4. The summed E-state index contributed by atoms with van der Waals surface area (Å²) < 4.78 is 10.9. The summed E-state index contributed by atoms with van der Waals surface area (Å²) in [5, 5.41) is 2.58. The summed E-state index contributed by atoms with van der Waals surface area (Å²) in [5.41, 5.74) is -0.213. The number of pyridine rings is 1. The molecule has 1 N–H and O–H groups in total. The van der Waals surface area contributed by atoms with Gasteiger partial charge in [0.1, 0.15) is 11.3 Å². The number of carbonyl (C=O) groups excluding carboxylic acids is 2. The number of hydrogen-bond acceptors (Lipinski definition) is 5. The van der Waals surface area contributed by atoms with Crippen molar-refractivity contribution in [1.82, 2.24) is 10.3 Å². The second-order valence-corrected chi connectivity index (χ2v) is 7.72. The van der Waals surface area contributed by atoms with Gasteiger partial charge in [-0.15, -0.1) is 0 Å². The number of carbonyl (C=O) groups is 2. The monoisotopic (exact) mass is 378 g/mol. The molecule has 152 valence electrons. The highest BCUT2D eigenvalue weighted by Crippen LogP contribution is 2.16. The Balaban J connectivity index is 2.50. The first-order chi connectivity index (χ1) is 12.7. The smallest absolute Gasteiger partial charge is 0.407 e. The number of hydrogen-bond donors (Lipinski definition) is 1. The zero-order valence-corrected chi connectivity index (χ0v) is 17.3. The van der Waals surface area contributed by atoms with Crippen LogP contribution in [0.4, 0.5) is 4.79 Å². The van der Waals surface area contributed by atoms with Gasteiger partial charge < -0.3 is 14.8 Å². The van der Waals surface area contributed by atoms with E-state index in [1.165, 1.54) is 0 Å². The van der Waals surface area contributed by atoms with Crippen molar-refractivity contribution in [3.63, 3.8) is 0 Å². The molecule has 1 aromatic heterocycles. The van der Waals surface area contributed by atoms with E-state index < -0.39 is 11.7 Å². The van der Waals surface area contributed by atoms with Crippen LogP contribution in [0.3, 0.4) is 0 Å². The molecular weight excluding hydrogens is 344 g/mol. The van der Waals surface area contributed by atoms with Crippen LogP contribution in [-0.4, -0.2) is 35.6 Å². The molecule has 27 heavy (non-hydrogen) atoms. The highest BCUT2D eigenvalue weighted by molar-refractivity contribution is 5.94.